The third kappa shape index (κ3) is 2.81. The molecule has 0 aliphatic rings. The van der Waals surface area contributed by atoms with Gasteiger partial charge in [0.15, 0.2) is 5.65 Å². The first kappa shape index (κ1) is 18.4. The molecule has 0 N–H and O–H groups in total. The van der Waals surface area contributed by atoms with Crippen LogP contribution in [0.3, 0.4) is 0 Å². The van der Waals surface area contributed by atoms with Gasteiger partial charge in [-0.1, -0.05) is 11.6 Å². The summed E-state index contributed by atoms with van der Waals surface area (Å²) in [6.07, 6.45) is 3.94. The van der Waals surface area contributed by atoms with Gasteiger partial charge in [0, 0.05) is 11.8 Å². The lowest BCUT2D eigenvalue weighted by molar-refractivity contribution is 0.590. The number of nitrogens with zero attached hydrogens (tertiary/aromatic N) is 5. The second kappa shape index (κ2) is 6.28. The van der Waals surface area contributed by atoms with Gasteiger partial charge >= 0.3 is 5.69 Å². The van der Waals surface area contributed by atoms with E-state index < -0.39 is 21.5 Å². The largest absolute Gasteiger partial charge is 0.347 e. The first-order chi connectivity index (χ1) is 13.2. The number of rotatable bonds is 3. The number of halogens is 2. The molecular weight excluding hydrogens is 409 g/mol. The SMILES string of the molecule is Cc1c(-c2ccc3ncnn3c2)n(-c2ccc(F)c(Cl)c2)c(=O)n1S(C)(=O)=O. The molecule has 0 radical (unpaired) electrons. The van der Waals surface area contributed by atoms with Crippen LogP contribution >= 0.6 is 11.6 Å². The van der Waals surface area contributed by atoms with Crippen LogP contribution in [0.4, 0.5) is 4.39 Å². The molecule has 4 aromatic rings. The Morgan fingerprint density at radius 3 is 2.61 bits per heavy atom. The lowest BCUT2D eigenvalue weighted by Gasteiger charge is -2.09. The third-order valence-electron chi connectivity index (χ3n) is 4.28. The van der Waals surface area contributed by atoms with Crippen molar-refractivity contribution in [2.75, 3.05) is 6.26 Å². The molecule has 0 amide bonds. The van der Waals surface area contributed by atoms with Crippen LogP contribution in [0.25, 0.3) is 22.6 Å². The minimum Gasteiger partial charge on any atom is -0.259 e. The van der Waals surface area contributed by atoms with E-state index in [0.717, 1.165) is 12.3 Å². The topological polar surface area (TPSA) is 91.3 Å². The summed E-state index contributed by atoms with van der Waals surface area (Å²) in [5, 5.41) is 3.87. The van der Waals surface area contributed by atoms with Gasteiger partial charge in [0.05, 0.1) is 28.4 Å². The van der Waals surface area contributed by atoms with Crippen LogP contribution in [0.1, 0.15) is 5.69 Å². The van der Waals surface area contributed by atoms with Gasteiger partial charge in [0.1, 0.15) is 12.1 Å². The van der Waals surface area contributed by atoms with Crippen molar-refractivity contribution < 1.29 is 12.8 Å². The zero-order chi connectivity index (χ0) is 20.2. The van der Waals surface area contributed by atoms with Crippen molar-refractivity contribution in [2.45, 2.75) is 6.92 Å². The van der Waals surface area contributed by atoms with E-state index in [-0.39, 0.29) is 16.4 Å². The molecule has 0 saturated heterocycles. The highest BCUT2D eigenvalue weighted by molar-refractivity contribution is 7.89. The summed E-state index contributed by atoms with van der Waals surface area (Å²) >= 11 is 5.88. The van der Waals surface area contributed by atoms with Gasteiger partial charge in [0.2, 0.25) is 10.0 Å². The number of hydrogen-bond donors (Lipinski definition) is 0. The first-order valence-corrected chi connectivity index (χ1v) is 10.2. The van der Waals surface area contributed by atoms with E-state index in [2.05, 4.69) is 10.1 Å². The van der Waals surface area contributed by atoms with Crippen LogP contribution in [0.2, 0.25) is 5.02 Å². The smallest absolute Gasteiger partial charge is 0.259 e. The quantitative estimate of drug-likeness (QED) is 0.506. The van der Waals surface area contributed by atoms with E-state index in [1.807, 2.05) is 0 Å². The fraction of sp³-hybridized carbons (Fsp3) is 0.118. The summed E-state index contributed by atoms with van der Waals surface area (Å²) in [7, 11) is -3.89. The van der Waals surface area contributed by atoms with Crippen molar-refractivity contribution in [1.29, 1.82) is 0 Å². The number of aromatic nitrogens is 5. The normalized spacial score (nSPS) is 12.0. The molecule has 3 heterocycles. The van der Waals surface area contributed by atoms with Crippen LogP contribution in [-0.4, -0.2) is 37.8 Å². The molecule has 0 saturated carbocycles. The van der Waals surface area contributed by atoms with E-state index in [4.69, 9.17) is 11.6 Å². The van der Waals surface area contributed by atoms with E-state index in [9.17, 15) is 17.6 Å². The third-order valence-corrected chi connectivity index (χ3v) is 5.66. The summed E-state index contributed by atoms with van der Waals surface area (Å²) < 4.78 is 41.5. The van der Waals surface area contributed by atoms with Crippen LogP contribution in [0.5, 0.6) is 0 Å². The van der Waals surface area contributed by atoms with Gasteiger partial charge in [-0.2, -0.15) is 9.07 Å². The minimum atomic E-state index is -3.89. The molecule has 4 rings (SSSR count). The Morgan fingerprint density at radius 2 is 1.93 bits per heavy atom. The maximum absolute atomic E-state index is 13.6. The molecule has 144 valence electrons. The average Bonchev–Trinajstić information content (AvgIpc) is 3.18. The zero-order valence-electron chi connectivity index (χ0n) is 14.7. The van der Waals surface area contributed by atoms with Gasteiger partial charge in [-0.3, -0.25) is 4.57 Å². The van der Waals surface area contributed by atoms with Gasteiger partial charge in [-0.15, -0.1) is 0 Å². The minimum absolute atomic E-state index is 0.188. The van der Waals surface area contributed by atoms with E-state index in [1.54, 1.807) is 18.3 Å². The maximum Gasteiger partial charge on any atom is 0.347 e. The molecule has 0 fully saturated rings. The molecule has 1 aromatic carbocycles. The average molecular weight is 422 g/mol. The van der Waals surface area contributed by atoms with Crippen LogP contribution in [-0.2, 0) is 10.0 Å². The molecule has 0 bridgehead atoms. The van der Waals surface area contributed by atoms with E-state index in [0.29, 0.717) is 20.9 Å². The number of hydrogen-bond acceptors (Lipinski definition) is 5. The highest BCUT2D eigenvalue weighted by atomic mass is 35.5. The Balaban J connectivity index is 2.11. The highest BCUT2D eigenvalue weighted by Crippen LogP contribution is 2.28. The second-order valence-corrected chi connectivity index (χ2v) is 8.40. The Morgan fingerprint density at radius 1 is 1.18 bits per heavy atom. The molecule has 0 atom stereocenters. The number of fused-ring (bicyclic) bond motifs is 1. The highest BCUT2D eigenvalue weighted by Gasteiger charge is 2.25. The zero-order valence-corrected chi connectivity index (χ0v) is 16.2. The summed E-state index contributed by atoms with van der Waals surface area (Å²) in [5.74, 6) is -0.650. The first-order valence-electron chi connectivity index (χ1n) is 7.98. The lowest BCUT2D eigenvalue weighted by atomic mass is 10.1. The Labute approximate surface area is 163 Å². The molecule has 3 aromatic heterocycles. The summed E-state index contributed by atoms with van der Waals surface area (Å²) in [6, 6.07) is 7.11. The fourth-order valence-corrected chi connectivity index (χ4v) is 4.26. The van der Waals surface area contributed by atoms with Gasteiger partial charge in [0.25, 0.3) is 0 Å². The predicted octanol–water partition coefficient (Wildman–Crippen LogP) is 2.26. The summed E-state index contributed by atoms with van der Waals surface area (Å²) in [5.41, 5.74) is 1.05. The molecule has 28 heavy (non-hydrogen) atoms. The van der Waals surface area contributed by atoms with E-state index in [1.165, 1.54) is 34.5 Å². The van der Waals surface area contributed by atoms with Crippen molar-refractivity contribution >= 4 is 27.3 Å². The Kier molecular flexibility index (Phi) is 4.12. The van der Waals surface area contributed by atoms with Crippen LogP contribution in [0.15, 0.2) is 47.7 Å². The standard InChI is InChI=1S/C17H13ClFN5O3S/c1-10-16(11-3-6-15-20-9-21-22(15)8-11)23(17(25)24(10)28(2,26)27)12-4-5-14(19)13(18)7-12/h3-9H,1-2H3. The van der Waals surface area contributed by atoms with Crippen molar-refractivity contribution in [1.82, 2.24) is 23.1 Å². The molecule has 0 aliphatic carbocycles. The van der Waals surface area contributed by atoms with E-state index >= 15 is 0 Å². The number of benzene rings is 1. The van der Waals surface area contributed by atoms with Gasteiger partial charge in [-0.05, 0) is 37.3 Å². The van der Waals surface area contributed by atoms with Crippen molar-refractivity contribution in [3.05, 3.63) is 69.9 Å². The Bertz CT molecular complexity index is 1400. The molecule has 0 aliphatic heterocycles. The number of imidazole rings is 1. The molecule has 0 unspecified atom stereocenters. The summed E-state index contributed by atoms with van der Waals surface area (Å²) in [4.78, 5) is 17.1. The lowest BCUT2D eigenvalue weighted by Crippen LogP contribution is -2.28. The van der Waals surface area contributed by atoms with Crippen LogP contribution in [0, 0.1) is 12.7 Å². The van der Waals surface area contributed by atoms with Crippen LogP contribution < -0.4 is 5.69 Å². The number of pyridine rings is 1. The summed E-state index contributed by atoms with van der Waals surface area (Å²) in [6.45, 7) is 1.52. The molecule has 11 heteroatoms. The molecule has 0 spiro atoms. The maximum atomic E-state index is 13.6. The fourth-order valence-electron chi connectivity index (χ4n) is 3.14. The van der Waals surface area contributed by atoms with Gasteiger partial charge < -0.3 is 0 Å². The second-order valence-electron chi connectivity index (χ2n) is 6.16. The Hall–Kier alpha value is -2.98. The van der Waals surface area contributed by atoms with Gasteiger partial charge in [-0.25, -0.2) is 27.1 Å². The van der Waals surface area contributed by atoms with Crippen molar-refractivity contribution in [2.24, 2.45) is 0 Å². The monoisotopic (exact) mass is 421 g/mol. The molecular formula is C17H13ClFN5O3S. The molecule has 8 nitrogen and oxygen atoms in total. The van der Waals surface area contributed by atoms with Crippen molar-refractivity contribution in [3.63, 3.8) is 0 Å². The predicted molar refractivity (Wildman–Crippen MR) is 102 cm³/mol. The van der Waals surface area contributed by atoms with Crippen molar-refractivity contribution in [3.8, 4) is 16.9 Å².